The zero-order chi connectivity index (χ0) is 14.0. The van der Waals surface area contributed by atoms with Crippen LogP contribution < -0.4 is 4.72 Å². The van der Waals surface area contributed by atoms with E-state index in [1.165, 1.54) is 12.1 Å². The molecule has 1 aromatic rings. The van der Waals surface area contributed by atoms with Crippen LogP contribution in [0.1, 0.15) is 19.3 Å². The highest BCUT2D eigenvalue weighted by Gasteiger charge is 2.28. The Labute approximate surface area is 125 Å². The van der Waals surface area contributed by atoms with Crippen LogP contribution in [0.25, 0.3) is 0 Å². The summed E-state index contributed by atoms with van der Waals surface area (Å²) >= 11 is 4.77. The lowest BCUT2D eigenvalue weighted by molar-refractivity contribution is 0.550. The topological polar surface area (TPSA) is 46.2 Å². The Hall–Kier alpha value is -0.110. The Morgan fingerprint density at radius 3 is 2.74 bits per heavy atom. The van der Waals surface area contributed by atoms with Gasteiger partial charge in [-0.05, 0) is 59.6 Å². The van der Waals surface area contributed by atoms with E-state index in [0.717, 1.165) is 25.3 Å². The fourth-order valence-corrected chi connectivity index (χ4v) is 4.53. The summed E-state index contributed by atoms with van der Waals surface area (Å²) in [6.07, 6.45) is 4.72. The third kappa shape index (κ3) is 3.71. The molecule has 7 heteroatoms. The molecule has 1 aromatic carbocycles. The number of thioether (sulfide) groups is 1. The molecule has 2 unspecified atom stereocenters. The van der Waals surface area contributed by atoms with Crippen molar-refractivity contribution >= 4 is 37.7 Å². The van der Waals surface area contributed by atoms with E-state index in [-0.39, 0.29) is 15.4 Å². The summed E-state index contributed by atoms with van der Waals surface area (Å²) in [4.78, 5) is -0.0270. The quantitative estimate of drug-likeness (QED) is 0.888. The van der Waals surface area contributed by atoms with E-state index in [4.69, 9.17) is 0 Å². The van der Waals surface area contributed by atoms with Crippen LogP contribution in [0.15, 0.2) is 27.6 Å². The first-order chi connectivity index (χ1) is 8.92. The summed E-state index contributed by atoms with van der Waals surface area (Å²) in [5.41, 5.74) is 0. The molecule has 0 aliphatic heterocycles. The number of sulfonamides is 1. The summed E-state index contributed by atoms with van der Waals surface area (Å²) in [5, 5.41) is 0.509. The van der Waals surface area contributed by atoms with Crippen molar-refractivity contribution in [3.8, 4) is 0 Å². The van der Waals surface area contributed by atoms with Gasteiger partial charge < -0.3 is 0 Å². The van der Waals surface area contributed by atoms with Gasteiger partial charge in [-0.3, -0.25) is 0 Å². The first-order valence-corrected chi connectivity index (χ1v) is 9.49. The monoisotopic (exact) mass is 367 g/mol. The minimum absolute atomic E-state index is 0.0270. The average Bonchev–Trinajstić information content (AvgIpc) is 2.79. The van der Waals surface area contributed by atoms with Crippen LogP contribution in [0.3, 0.4) is 0 Å². The van der Waals surface area contributed by atoms with Crippen LogP contribution in [-0.4, -0.2) is 26.0 Å². The van der Waals surface area contributed by atoms with Crippen LogP contribution >= 0.6 is 27.7 Å². The molecule has 2 rings (SSSR count). The maximum Gasteiger partial charge on any atom is 0.240 e. The molecular formula is C12H15BrFNO2S2. The van der Waals surface area contributed by atoms with E-state index in [1.807, 2.05) is 6.26 Å². The summed E-state index contributed by atoms with van der Waals surface area (Å²) in [5.74, 6) is -0.573. The molecular weight excluding hydrogens is 353 g/mol. The molecule has 106 valence electrons. The van der Waals surface area contributed by atoms with Crippen molar-refractivity contribution in [3.05, 3.63) is 28.5 Å². The molecule has 1 N–H and O–H groups in total. The van der Waals surface area contributed by atoms with E-state index < -0.39 is 15.8 Å². The van der Waals surface area contributed by atoms with E-state index in [0.29, 0.717) is 5.25 Å². The Balaban J connectivity index is 2.12. The molecule has 3 nitrogen and oxygen atoms in total. The van der Waals surface area contributed by atoms with Crippen LogP contribution in [-0.2, 0) is 10.0 Å². The molecule has 0 spiro atoms. The van der Waals surface area contributed by atoms with Gasteiger partial charge in [0.05, 0.1) is 9.37 Å². The average molecular weight is 368 g/mol. The lowest BCUT2D eigenvalue weighted by atomic mass is 10.3. The molecule has 1 saturated carbocycles. The van der Waals surface area contributed by atoms with Gasteiger partial charge in [0.25, 0.3) is 0 Å². The second-order valence-electron chi connectivity index (χ2n) is 4.56. The fraction of sp³-hybridized carbons (Fsp3) is 0.500. The third-order valence-corrected chi connectivity index (χ3v) is 6.50. The van der Waals surface area contributed by atoms with Gasteiger partial charge in [0, 0.05) is 11.3 Å². The highest BCUT2D eigenvalue weighted by molar-refractivity contribution is 9.10. The van der Waals surface area contributed by atoms with Crippen molar-refractivity contribution in [2.24, 2.45) is 0 Å². The summed E-state index contributed by atoms with van der Waals surface area (Å²) < 4.78 is 40.6. The molecule has 19 heavy (non-hydrogen) atoms. The normalized spacial score (nSPS) is 23.7. The van der Waals surface area contributed by atoms with Crippen molar-refractivity contribution in [2.45, 2.75) is 35.4 Å². The number of nitrogens with one attached hydrogen (secondary N) is 1. The van der Waals surface area contributed by atoms with E-state index in [2.05, 4.69) is 20.7 Å². The zero-order valence-corrected chi connectivity index (χ0v) is 13.6. The predicted molar refractivity (Wildman–Crippen MR) is 79.4 cm³/mol. The minimum Gasteiger partial charge on any atom is -0.208 e. The number of halogens is 2. The second kappa shape index (κ2) is 6.11. The van der Waals surface area contributed by atoms with Gasteiger partial charge in [-0.25, -0.2) is 17.5 Å². The Morgan fingerprint density at radius 2 is 2.16 bits per heavy atom. The SMILES string of the molecule is CSC1CCC(NS(=O)(=O)c2ccc(Br)c(F)c2)C1. The number of hydrogen-bond acceptors (Lipinski definition) is 3. The first-order valence-electron chi connectivity index (χ1n) is 5.92. The number of rotatable bonds is 4. The summed E-state index contributed by atoms with van der Waals surface area (Å²) in [6, 6.07) is 3.79. The van der Waals surface area contributed by atoms with E-state index >= 15 is 0 Å². The van der Waals surface area contributed by atoms with Crippen molar-refractivity contribution < 1.29 is 12.8 Å². The van der Waals surface area contributed by atoms with Gasteiger partial charge >= 0.3 is 0 Å². The third-order valence-electron chi connectivity index (χ3n) is 3.24. The molecule has 1 aliphatic carbocycles. The molecule has 0 bridgehead atoms. The molecule has 1 aliphatic rings. The van der Waals surface area contributed by atoms with Crippen molar-refractivity contribution in [1.82, 2.24) is 4.72 Å². The minimum atomic E-state index is -3.63. The van der Waals surface area contributed by atoms with Crippen LogP contribution in [0.4, 0.5) is 4.39 Å². The van der Waals surface area contributed by atoms with Gasteiger partial charge in [0.1, 0.15) is 5.82 Å². The summed E-state index contributed by atoms with van der Waals surface area (Å²) in [6.45, 7) is 0. The van der Waals surface area contributed by atoms with Gasteiger partial charge in [-0.2, -0.15) is 11.8 Å². The lowest BCUT2D eigenvalue weighted by Gasteiger charge is -2.13. The van der Waals surface area contributed by atoms with E-state index in [9.17, 15) is 12.8 Å². The van der Waals surface area contributed by atoms with Crippen LogP contribution in [0.5, 0.6) is 0 Å². The smallest absolute Gasteiger partial charge is 0.208 e. The molecule has 0 heterocycles. The predicted octanol–water partition coefficient (Wildman–Crippen LogP) is 3.15. The standard InChI is InChI=1S/C12H15BrFNO2S2/c1-18-9-3-2-8(6-9)15-19(16,17)10-4-5-11(13)12(14)7-10/h4-5,7-9,15H,2-3,6H2,1H3. The van der Waals surface area contributed by atoms with Crippen molar-refractivity contribution in [1.29, 1.82) is 0 Å². The van der Waals surface area contributed by atoms with Gasteiger partial charge in [0.2, 0.25) is 10.0 Å². The molecule has 0 saturated heterocycles. The van der Waals surface area contributed by atoms with Crippen molar-refractivity contribution in [3.63, 3.8) is 0 Å². The van der Waals surface area contributed by atoms with E-state index in [1.54, 1.807) is 11.8 Å². The largest absolute Gasteiger partial charge is 0.240 e. The molecule has 2 atom stereocenters. The number of hydrogen-bond donors (Lipinski definition) is 1. The van der Waals surface area contributed by atoms with Crippen LogP contribution in [0.2, 0.25) is 0 Å². The number of benzene rings is 1. The van der Waals surface area contributed by atoms with Gasteiger partial charge in [0.15, 0.2) is 0 Å². The molecule has 0 aromatic heterocycles. The summed E-state index contributed by atoms with van der Waals surface area (Å²) in [7, 11) is -3.63. The molecule has 0 amide bonds. The van der Waals surface area contributed by atoms with Gasteiger partial charge in [-0.1, -0.05) is 0 Å². The Kier molecular flexibility index (Phi) is 4.92. The first kappa shape index (κ1) is 15.3. The maximum atomic E-state index is 13.4. The highest BCUT2D eigenvalue weighted by Crippen LogP contribution is 2.29. The van der Waals surface area contributed by atoms with Crippen molar-refractivity contribution in [2.75, 3.05) is 6.26 Å². The zero-order valence-electron chi connectivity index (χ0n) is 10.4. The molecule has 0 radical (unpaired) electrons. The van der Waals surface area contributed by atoms with Gasteiger partial charge in [-0.15, -0.1) is 0 Å². The van der Waals surface area contributed by atoms with Crippen LogP contribution in [0, 0.1) is 5.82 Å². The maximum absolute atomic E-state index is 13.4. The Morgan fingerprint density at radius 1 is 1.42 bits per heavy atom. The Bertz CT molecular complexity index is 565. The lowest BCUT2D eigenvalue weighted by Crippen LogP contribution is -2.33. The molecule has 1 fully saturated rings. The fourth-order valence-electron chi connectivity index (χ4n) is 2.19. The second-order valence-corrected chi connectivity index (χ2v) is 8.27. The highest BCUT2D eigenvalue weighted by atomic mass is 79.9.